The van der Waals surface area contributed by atoms with Crippen LogP contribution in [0.5, 0.6) is 5.75 Å². The fourth-order valence-corrected chi connectivity index (χ4v) is 3.39. The van der Waals surface area contributed by atoms with Crippen molar-refractivity contribution in [3.05, 3.63) is 94.5 Å². The first-order chi connectivity index (χ1) is 13.8. The van der Waals surface area contributed by atoms with E-state index < -0.39 is 0 Å². The van der Waals surface area contributed by atoms with Crippen molar-refractivity contribution in [3.8, 4) is 5.75 Å². The monoisotopic (exact) mass is 376 g/mol. The Bertz CT molecular complexity index is 933. The van der Waals surface area contributed by atoms with E-state index in [-0.39, 0.29) is 11.2 Å². The summed E-state index contributed by atoms with van der Waals surface area (Å²) in [5, 5.41) is 0. The summed E-state index contributed by atoms with van der Waals surface area (Å²) in [6.07, 6.45) is 1.43. The molecule has 0 spiro atoms. The van der Waals surface area contributed by atoms with Gasteiger partial charge in [-0.05, 0) is 17.7 Å². The van der Waals surface area contributed by atoms with Gasteiger partial charge in [-0.2, -0.15) is 0 Å². The quantitative estimate of drug-likeness (QED) is 0.658. The molecular formula is C23H24N2O3. The second-order valence-electron chi connectivity index (χ2n) is 6.95. The van der Waals surface area contributed by atoms with Crippen LogP contribution in [0.25, 0.3) is 0 Å². The van der Waals surface area contributed by atoms with E-state index in [4.69, 9.17) is 9.15 Å². The molecule has 0 N–H and O–H groups in total. The summed E-state index contributed by atoms with van der Waals surface area (Å²) in [6.45, 7) is 4.79. The lowest BCUT2D eigenvalue weighted by atomic mass is 10.2. The van der Waals surface area contributed by atoms with Gasteiger partial charge in [0.25, 0.3) is 0 Å². The van der Waals surface area contributed by atoms with E-state index in [0.29, 0.717) is 18.9 Å². The highest BCUT2D eigenvalue weighted by molar-refractivity contribution is 5.46. The number of para-hydroxylation sites is 1. The van der Waals surface area contributed by atoms with Crippen LogP contribution in [-0.4, -0.2) is 31.1 Å². The first-order valence-electron chi connectivity index (χ1n) is 9.59. The predicted octanol–water partition coefficient (Wildman–Crippen LogP) is 3.54. The van der Waals surface area contributed by atoms with Crippen LogP contribution in [0.15, 0.2) is 82.2 Å². The van der Waals surface area contributed by atoms with Gasteiger partial charge in [0, 0.05) is 37.9 Å². The van der Waals surface area contributed by atoms with Crippen molar-refractivity contribution in [3.63, 3.8) is 0 Å². The van der Waals surface area contributed by atoms with Crippen LogP contribution in [0.1, 0.15) is 11.3 Å². The lowest BCUT2D eigenvalue weighted by molar-refractivity contribution is 0.224. The molecule has 4 rings (SSSR count). The Balaban J connectivity index is 1.31. The summed E-state index contributed by atoms with van der Waals surface area (Å²) < 4.78 is 11.3. The third-order valence-corrected chi connectivity index (χ3v) is 4.96. The number of rotatable bonds is 6. The topological polar surface area (TPSA) is 45.9 Å². The van der Waals surface area contributed by atoms with Gasteiger partial charge in [-0.1, -0.05) is 48.5 Å². The maximum Gasteiger partial charge on any atom is 0.227 e. The highest BCUT2D eigenvalue weighted by atomic mass is 16.5. The first-order valence-corrected chi connectivity index (χ1v) is 9.59. The number of nitrogens with zero attached hydrogens (tertiary/aromatic N) is 2. The Kier molecular flexibility index (Phi) is 5.73. The second-order valence-corrected chi connectivity index (χ2v) is 6.95. The molecule has 0 atom stereocenters. The molecule has 1 fully saturated rings. The molecule has 5 nitrogen and oxygen atoms in total. The maximum absolute atomic E-state index is 12.3. The van der Waals surface area contributed by atoms with E-state index in [1.54, 1.807) is 6.07 Å². The van der Waals surface area contributed by atoms with Crippen molar-refractivity contribution in [2.75, 3.05) is 31.1 Å². The molecule has 0 aliphatic carbocycles. The highest BCUT2D eigenvalue weighted by Gasteiger charge is 2.18. The smallest absolute Gasteiger partial charge is 0.227 e. The molecule has 0 amide bonds. The molecule has 5 heteroatoms. The molecule has 1 aliphatic rings. The van der Waals surface area contributed by atoms with Crippen molar-refractivity contribution in [2.45, 2.75) is 13.2 Å². The Morgan fingerprint density at radius 2 is 1.57 bits per heavy atom. The van der Waals surface area contributed by atoms with E-state index in [1.807, 2.05) is 36.4 Å². The molecular weight excluding hydrogens is 352 g/mol. The van der Waals surface area contributed by atoms with E-state index in [2.05, 4.69) is 34.1 Å². The molecule has 2 heterocycles. The number of ether oxygens (including phenoxy) is 1. The number of benzene rings is 2. The first kappa shape index (κ1) is 18.3. The number of piperazine rings is 1. The minimum atomic E-state index is -0.139. The van der Waals surface area contributed by atoms with Crippen LogP contribution >= 0.6 is 0 Å². The van der Waals surface area contributed by atoms with Gasteiger partial charge in [-0.15, -0.1) is 0 Å². The fourth-order valence-electron chi connectivity index (χ4n) is 3.39. The van der Waals surface area contributed by atoms with Gasteiger partial charge in [0.1, 0.15) is 18.6 Å². The van der Waals surface area contributed by atoms with Gasteiger partial charge >= 0.3 is 0 Å². The average Bonchev–Trinajstić information content (AvgIpc) is 2.75. The van der Waals surface area contributed by atoms with Gasteiger partial charge in [-0.25, -0.2) is 0 Å². The fraction of sp³-hybridized carbons (Fsp3) is 0.261. The third-order valence-electron chi connectivity index (χ3n) is 4.96. The van der Waals surface area contributed by atoms with Crippen molar-refractivity contribution < 1.29 is 9.15 Å². The summed E-state index contributed by atoms with van der Waals surface area (Å²) in [4.78, 5) is 17.0. The molecule has 0 radical (unpaired) electrons. The van der Waals surface area contributed by atoms with E-state index in [9.17, 15) is 4.79 Å². The summed E-state index contributed by atoms with van der Waals surface area (Å²) >= 11 is 0. The van der Waals surface area contributed by atoms with Crippen LogP contribution < -0.4 is 15.1 Å². The number of hydrogen-bond acceptors (Lipinski definition) is 5. The number of hydrogen-bond donors (Lipinski definition) is 0. The largest absolute Gasteiger partial charge is 0.482 e. The lowest BCUT2D eigenvalue weighted by Gasteiger charge is -2.35. The van der Waals surface area contributed by atoms with Crippen LogP contribution in [0, 0.1) is 0 Å². The van der Waals surface area contributed by atoms with Crippen LogP contribution in [0.4, 0.5) is 5.69 Å². The van der Waals surface area contributed by atoms with Crippen LogP contribution in [0.2, 0.25) is 0 Å². The second kappa shape index (κ2) is 8.76. The SMILES string of the molecule is O=c1cc(CN2CCN(c3ccccc3)CC2)occ1OCc1ccccc1. The maximum atomic E-state index is 12.3. The van der Waals surface area contributed by atoms with Crippen molar-refractivity contribution in [2.24, 2.45) is 0 Å². The molecule has 0 bridgehead atoms. The van der Waals surface area contributed by atoms with Gasteiger partial charge in [0.05, 0.1) is 6.54 Å². The molecule has 3 aromatic rings. The summed E-state index contributed by atoms with van der Waals surface area (Å²) in [5.74, 6) is 0.923. The van der Waals surface area contributed by atoms with Crippen molar-refractivity contribution in [1.82, 2.24) is 4.90 Å². The standard InChI is InChI=1S/C23H24N2O3/c26-22-15-21(27-18-23(22)28-17-19-7-3-1-4-8-19)16-24-11-13-25(14-12-24)20-9-5-2-6-10-20/h1-10,15,18H,11-14,16-17H2. The van der Waals surface area contributed by atoms with Crippen molar-refractivity contribution in [1.29, 1.82) is 0 Å². The molecule has 2 aromatic carbocycles. The Hall–Kier alpha value is -3.05. The molecule has 1 saturated heterocycles. The zero-order valence-electron chi connectivity index (χ0n) is 15.8. The zero-order valence-corrected chi connectivity index (χ0v) is 15.8. The molecule has 1 aliphatic heterocycles. The molecule has 28 heavy (non-hydrogen) atoms. The van der Waals surface area contributed by atoms with E-state index in [0.717, 1.165) is 31.7 Å². The molecule has 0 saturated carbocycles. The summed E-state index contributed by atoms with van der Waals surface area (Å²) in [5.41, 5.74) is 2.14. The molecule has 144 valence electrons. The Morgan fingerprint density at radius 3 is 2.25 bits per heavy atom. The lowest BCUT2D eigenvalue weighted by Crippen LogP contribution is -2.46. The highest BCUT2D eigenvalue weighted by Crippen LogP contribution is 2.17. The van der Waals surface area contributed by atoms with Gasteiger partial charge in [-0.3, -0.25) is 9.69 Å². The Labute approximate surface area is 164 Å². The zero-order chi connectivity index (χ0) is 19.2. The minimum Gasteiger partial charge on any atom is -0.482 e. The van der Waals surface area contributed by atoms with E-state index >= 15 is 0 Å². The Morgan fingerprint density at radius 1 is 0.893 bits per heavy atom. The number of anilines is 1. The van der Waals surface area contributed by atoms with Gasteiger partial charge in [0.2, 0.25) is 11.2 Å². The average molecular weight is 376 g/mol. The molecule has 1 aromatic heterocycles. The minimum absolute atomic E-state index is 0.139. The molecule has 0 unspecified atom stereocenters. The third kappa shape index (κ3) is 4.61. The van der Waals surface area contributed by atoms with Gasteiger partial charge in [0.15, 0.2) is 0 Å². The summed E-state index contributed by atoms with van der Waals surface area (Å²) in [7, 11) is 0. The van der Waals surface area contributed by atoms with Gasteiger partial charge < -0.3 is 14.1 Å². The summed E-state index contributed by atoms with van der Waals surface area (Å²) in [6, 6.07) is 21.8. The normalized spacial score (nSPS) is 14.8. The van der Waals surface area contributed by atoms with Crippen LogP contribution in [-0.2, 0) is 13.2 Å². The van der Waals surface area contributed by atoms with Crippen LogP contribution in [0.3, 0.4) is 0 Å². The van der Waals surface area contributed by atoms with Crippen molar-refractivity contribution >= 4 is 5.69 Å². The predicted molar refractivity (Wildman–Crippen MR) is 110 cm³/mol. The van der Waals surface area contributed by atoms with E-state index in [1.165, 1.54) is 12.0 Å².